The van der Waals surface area contributed by atoms with E-state index in [9.17, 15) is 15.0 Å². The van der Waals surface area contributed by atoms with Crippen LogP contribution in [-0.2, 0) is 19.0 Å². The zero-order chi connectivity index (χ0) is 18.7. The van der Waals surface area contributed by atoms with Crippen molar-refractivity contribution in [2.24, 2.45) is 0 Å². The maximum absolute atomic E-state index is 11.9. The van der Waals surface area contributed by atoms with Crippen LogP contribution in [-0.4, -0.2) is 71.1 Å². The van der Waals surface area contributed by atoms with Crippen molar-refractivity contribution in [3.8, 4) is 0 Å². The summed E-state index contributed by atoms with van der Waals surface area (Å²) >= 11 is 0. The zero-order valence-corrected chi connectivity index (χ0v) is 14.7. The Bertz CT molecular complexity index is 423. The van der Waals surface area contributed by atoms with E-state index in [1.165, 1.54) is 19.3 Å². The fourth-order valence-corrected chi connectivity index (χ4v) is 2.37. The third-order valence-electron chi connectivity index (χ3n) is 3.82. The van der Waals surface area contributed by atoms with E-state index in [1.807, 2.05) is 0 Å². The molecule has 0 aromatic heterocycles. The van der Waals surface area contributed by atoms with Gasteiger partial charge in [-0.15, -0.1) is 0 Å². The first-order valence-electron chi connectivity index (χ1n) is 8.83. The molecule has 1 unspecified atom stereocenters. The van der Waals surface area contributed by atoms with Gasteiger partial charge in [-0.1, -0.05) is 39.0 Å². The van der Waals surface area contributed by atoms with Gasteiger partial charge in [-0.05, 0) is 6.42 Å². The number of hydrogen-bond donors (Lipinski definition) is 4. The van der Waals surface area contributed by atoms with Gasteiger partial charge < -0.3 is 34.6 Å². The van der Waals surface area contributed by atoms with Gasteiger partial charge in [0.25, 0.3) is 0 Å². The third-order valence-corrected chi connectivity index (χ3v) is 3.82. The minimum atomic E-state index is -1.36. The lowest BCUT2D eigenvalue weighted by Crippen LogP contribution is -2.33. The molecule has 0 radical (unpaired) electrons. The standard InChI is InChI=1S/C17H30O8/c1-2-3-4-5-6-7-8-23-16-15(24-11-12(20)9-18)14(13(21)10-19)25-17(16)22/h12-14,18-21H,2-11H2,1H3/t12?,13-,14-/m1/s1. The normalized spacial score (nSPS) is 19.7. The molecule has 3 atom stereocenters. The summed E-state index contributed by atoms with van der Waals surface area (Å²) in [6.07, 6.45) is 2.68. The smallest absolute Gasteiger partial charge is 0.378 e. The van der Waals surface area contributed by atoms with Crippen molar-refractivity contribution in [1.29, 1.82) is 0 Å². The summed E-state index contributed by atoms with van der Waals surface area (Å²) in [6, 6.07) is 0. The van der Waals surface area contributed by atoms with Crippen LogP contribution in [0.1, 0.15) is 45.4 Å². The van der Waals surface area contributed by atoms with E-state index in [0.717, 1.165) is 19.3 Å². The predicted octanol–water partition coefficient (Wildman–Crippen LogP) is 0.223. The molecule has 25 heavy (non-hydrogen) atoms. The molecule has 0 aliphatic carbocycles. The summed E-state index contributed by atoms with van der Waals surface area (Å²) in [5.74, 6) is -1.00. The minimum Gasteiger partial charge on any atom is -0.487 e. The average Bonchev–Trinajstić information content (AvgIpc) is 2.93. The van der Waals surface area contributed by atoms with E-state index >= 15 is 0 Å². The van der Waals surface area contributed by atoms with Gasteiger partial charge in [-0.25, -0.2) is 4.79 Å². The predicted molar refractivity (Wildman–Crippen MR) is 88.4 cm³/mol. The number of rotatable bonds is 14. The van der Waals surface area contributed by atoms with E-state index in [0.29, 0.717) is 6.61 Å². The first-order valence-corrected chi connectivity index (χ1v) is 8.83. The highest BCUT2D eigenvalue weighted by atomic mass is 16.6. The number of ether oxygens (including phenoxy) is 3. The second kappa shape index (κ2) is 12.1. The molecule has 1 rings (SSSR count). The molecule has 0 saturated carbocycles. The molecule has 4 N–H and O–H groups in total. The Morgan fingerprint density at radius 2 is 1.72 bits per heavy atom. The maximum Gasteiger partial charge on any atom is 0.378 e. The highest BCUT2D eigenvalue weighted by Gasteiger charge is 2.42. The van der Waals surface area contributed by atoms with Crippen molar-refractivity contribution < 1.29 is 39.4 Å². The molecule has 0 spiro atoms. The van der Waals surface area contributed by atoms with Crippen LogP contribution in [0.5, 0.6) is 0 Å². The number of aliphatic hydroxyl groups excluding tert-OH is 4. The Labute approximate surface area is 148 Å². The van der Waals surface area contributed by atoms with Crippen LogP contribution in [0.2, 0.25) is 0 Å². The van der Waals surface area contributed by atoms with Gasteiger partial charge in [0.15, 0.2) is 11.9 Å². The summed E-state index contributed by atoms with van der Waals surface area (Å²) < 4.78 is 15.8. The fourth-order valence-electron chi connectivity index (χ4n) is 2.37. The van der Waals surface area contributed by atoms with E-state index in [4.69, 9.17) is 24.4 Å². The number of carbonyl (C=O) groups excluding carboxylic acids is 1. The molecule has 0 amide bonds. The number of unbranched alkanes of at least 4 members (excludes halogenated alkanes) is 5. The van der Waals surface area contributed by atoms with Gasteiger partial charge in [0.2, 0.25) is 5.76 Å². The first kappa shape index (κ1) is 21.7. The number of carbonyl (C=O) groups is 1. The molecule has 8 nitrogen and oxygen atoms in total. The van der Waals surface area contributed by atoms with Gasteiger partial charge in [-0.3, -0.25) is 0 Å². The van der Waals surface area contributed by atoms with Crippen molar-refractivity contribution in [3.05, 3.63) is 11.5 Å². The van der Waals surface area contributed by atoms with Crippen molar-refractivity contribution in [2.75, 3.05) is 26.4 Å². The monoisotopic (exact) mass is 362 g/mol. The number of esters is 1. The maximum atomic E-state index is 11.9. The highest BCUT2D eigenvalue weighted by Crippen LogP contribution is 2.27. The molecular weight excluding hydrogens is 332 g/mol. The van der Waals surface area contributed by atoms with Gasteiger partial charge in [0.1, 0.15) is 18.8 Å². The molecule has 1 aliphatic heterocycles. The average molecular weight is 362 g/mol. The summed E-state index contributed by atoms with van der Waals surface area (Å²) in [6.45, 7) is 1.02. The first-order chi connectivity index (χ1) is 12.0. The largest absolute Gasteiger partial charge is 0.487 e. The second-order valence-corrected chi connectivity index (χ2v) is 6.03. The van der Waals surface area contributed by atoms with E-state index in [-0.39, 0.29) is 18.1 Å². The number of cyclic esters (lactones) is 1. The van der Waals surface area contributed by atoms with Crippen LogP contribution in [0, 0.1) is 0 Å². The Kier molecular flexibility index (Phi) is 10.5. The van der Waals surface area contributed by atoms with Crippen LogP contribution < -0.4 is 0 Å². The van der Waals surface area contributed by atoms with E-state index in [1.54, 1.807) is 0 Å². The summed E-state index contributed by atoms with van der Waals surface area (Å²) in [5, 5.41) is 37.1. The van der Waals surface area contributed by atoms with Crippen LogP contribution in [0.4, 0.5) is 0 Å². The summed E-state index contributed by atoms with van der Waals surface area (Å²) in [7, 11) is 0. The Morgan fingerprint density at radius 3 is 2.36 bits per heavy atom. The quantitative estimate of drug-likeness (QED) is 0.255. The van der Waals surface area contributed by atoms with Crippen molar-refractivity contribution in [1.82, 2.24) is 0 Å². The summed E-state index contributed by atoms with van der Waals surface area (Å²) in [4.78, 5) is 11.9. The molecule has 1 heterocycles. The van der Waals surface area contributed by atoms with Crippen LogP contribution >= 0.6 is 0 Å². The van der Waals surface area contributed by atoms with Crippen LogP contribution in [0.3, 0.4) is 0 Å². The number of aliphatic hydroxyl groups is 4. The third kappa shape index (κ3) is 7.19. The van der Waals surface area contributed by atoms with Gasteiger partial charge in [0, 0.05) is 0 Å². The minimum absolute atomic E-state index is 0.0648. The van der Waals surface area contributed by atoms with E-state index in [2.05, 4.69) is 6.92 Å². The second-order valence-electron chi connectivity index (χ2n) is 6.03. The molecule has 0 fully saturated rings. The Balaban J connectivity index is 2.61. The summed E-state index contributed by atoms with van der Waals surface area (Å²) in [5.41, 5.74) is 0. The topological polar surface area (TPSA) is 126 Å². The molecule has 0 bridgehead atoms. The van der Waals surface area contributed by atoms with Crippen molar-refractivity contribution in [2.45, 2.75) is 63.8 Å². The van der Waals surface area contributed by atoms with Gasteiger partial charge in [0.05, 0.1) is 19.8 Å². The fraction of sp³-hybridized carbons (Fsp3) is 0.824. The molecule has 0 aromatic rings. The molecule has 146 valence electrons. The van der Waals surface area contributed by atoms with Crippen LogP contribution in [0.25, 0.3) is 0 Å². The molecule has 0 saturated heterocycles. The molecule has 8 heteroatoms. The molecule has 0 aromatic carbocycles. The molecule has 1 aliphatic rings. The van der Waals surface area contributed by atoms with Gasteiger partial charge in [-0.2, -0.15) is 0 Å². The highest BCUT2D eigenvalue weighted by molar-refractivity contribution is 5.89. The number of hydrogen-bond acceptors (Lipinski definition) is 8. The van der Waals surface area contributed by atoms with Crippen LogP contribution in [0.15, 0.2) is 11.5 Å². The lowest BCUT2D eigenvalue weighted by molar-refractivity contribution is -0.148. The Hall–Kier alpha value is -1.35. The van der Waals surface area contributed by atoms with Gasteiger partial charge >= 0.3 is 5.97 Å². The zero-order valence-electron chi connectivity index (χ0n) is 14.7. The van der Waals surface area contributed by atoms with Crippen molar-refractivity contribution >= 4 is 5.97 Å². The van der Waals surface area contributed by atoms with Crippen molar-refractivity contribution in [3.63, 3.8) is 0 Å². The lowest BCUT2D eigenvalue weighted by Gasteiger charge is -2.19. The Morgan fingerprint density at radius 1 is 1.04 bits per heavy atom. The lowest BCUT2D eigenvalue weighted by atomic mass is 10.1. The SMILES string of the molecule is CCCCCCCCOC1=C(OCC(O)CO)[C@@H]([C@H](O)CO)OC1=O. The van der Waals surface area contributed by atoms with E-state index < -0.39 is 37.5 Å². The molecular formula is C17H30O8.